The second-order valence-electron chi connectivity index (χ2n) is 7.13. The van der Waals surface area contributed by atoms with E-state index in [0.29, 0.717) is 29.8 Å². The molecule has 1 aliphatic rings. The first-order valence-electron chi connectivity index (χ1n) is 9.55. The van der Waals surface area contributed by atoms with E-state index in [4.69, 9.17) is 9.47 Å². The Kier molecular flexibility index (Phi) is 8.63. The van der Waals surface area contributed by atoms with Gasteiger partial charge in [-0.1, -0.05) is 19.3 Å². The van der Waals surface area contributed by atoms with Crippen molar-refractivity contribution >= 4 is 29.1 Å². The minimum absolute atomic E-state index is 0. The monoisotopic (exact) mass is 416 g/mol. The van der Waals surface area contributed by atoms with Gasteiger partial charge in [0, 0.05) is 32.9 Å². The Balaban J connectivity index is 0.00000280. The van der Waals surface area contributed by atoms with Crippen molar-refractivity contribution < 1.29 is 23.0 Å². The van der Waals surface area contributed by atoms with E-state index in [2.05, 4.69) is 5.10 Å². The number of methoxy groups -OCH3 is 1. The van der Waals surface area contributed by atoms with Gasteiger partial charge in [0.2, 0.25) is 0 Å². The summed E-state index contributed by atoms with van der Waals surface area (Å²) in [5, 5.41) is 4.97. The molecular formula is C20H27ClF2N2O3. The number of Topliss-reactive ketones (excluding diaryl/α,β-unsaturated/α-hetero) is 1. The van der Waals surface area contributed by atoms with Gasteiger partial charge in [0.05, 0.1) is 16.5 Å². The SMILES string of the molecule is COCCCC(=O)c1ccc2nn(CC3CCCCC3)cc2c1OC(F)F.Cl. The summed E-state index contributed by atoms with van der Waals surface area (Å²) in [5.74, 6) is 0.257. The topological polar surface area (TPSA) is 53.3 Å². The zero-order valence-electron chi connectivity index (χ0n) is 16.0. The second-order valence-corrected chi connectivity index (χ2v) is 7.13. The number of carbonyl (C=O) groups is 1. The number of ether oxygens (including phenoxy) is 2. The predicted molar refractivity (Wildman–Crippen MR) is 106 cm³/mol. The number of alkyl halides is 2. The number of hydrogen-bond acceptors (Lipinski definition) is 4. The van der Waals surface area contributed by atoms with Gasteiger partial charge in [0.15, 0.2) is 5.78 Å². The van der Waals surface area contributed by atoms with Gasteiger partial charge in [-0.2, -0.15) is 13.9 Å². The van der Waals surface area contributed by atoms with Crippen LogP contribution in [0.5, 0.6) is 5.75 Å². The number of ketones is 1. The molecule has 0 radical (unpaired) electrons. The lowest BCUT2D eigenvalue weighted by molar-refractivity contribution is -0.0491. The molecule has 156 valence electrons. The fraction of sp³-hybridized carbons (Fsp3) is 0.600. The Hall–Kier alpha value is -1.73. The van der Waals surface area contributed by atoms with Gasteiger partial charge in [-0.15, -0.1) is 12.4 Å². The van der Waals surface area contributed by atoms with Crippen molar-refractivity contribution in [2.75, 3.05) is 13.7 Å². The van der Waals surface area contributed by atoms with Crippen LogP contribution in [-0.2, 0) is 11.3 Å². The molecule has 0 saturated heterocycles. The summed E-state index contributed by atoms with van der Waals surface area (Å²) in [4.78, 5) is 12.5. The Morgan fingerprint density at radius 3 is 2.71 bits per heavy atom. The average Bonchev–Trinajstić information content (AvgIpc) is 3.05. The lowest BCUT2D eigenvalue weighted by Gasteiger charge is -2.21. The molecule has 28 heavy (non-hydrogen) atoms. The van der Waals surface area contributed by atoms with Gasteiger partial charge in [0.1, 0.15) is 5.75 Å². The highest BCUT2D eigenvalue weighted by Crippen LogP contribution is 2.33. The van der Waals surface area contributed by atoms with E-state index in [1.165, 1.54) is 38.2 Å². The van der Waals surface area contributed by atoms with Crippen LogP contribution in [0.3, 0.4) is 0 Å². The number of rotatable bonds is 9. The van der Waals surface area contributed by atoms with Crippen LogP contribution in [0.1, 0.15) is 55.3 Å². The van der Waals surface area contributed by atoms with Crippen molar-refractivity contribution in [2.24, 2.45) is 5.92 Å². The summed E-state index contributed by atoms with van der Waals surface area (Å²) in [7, 11) is 1.56. The van der Waals surface area contributed by atoms with E-state index in [1.54, 1.807) is 24.1 Å². The molecule has 0 amide bonds. The third-order valence-corrected chi connectivity index (χ3v) is 5.12. The van der Waals surface area contributed by atoms with Crippen molar-refractivity contribution in [3.63, 3.8) is 0 Å². The van der Waals surface area contributed by atoms with Gasteiger partial charge in [0.25, 0.3) is 0 Å². The van der Waals surface area contributed by atoms with Crippen molar-refractivity contribution in [1.82, 2.24) is 9.78 Å². The van der Waals surface area contributed by atoms with E-state index < -0.39 is 6.61 Å². The van der Waals surface area contributed by atoms with Gasteiger partial charge in [-0.05, 0) is 37.3 Å². The molecule has 0 atom stereocenters. The van der Waals surface area contributed by atoms with Gasteiger partial charge >= 0.3 is 6.61 Å². The van der Waals surface area contributed by atoms with Crippen molar-refractivity contribution in [3.8, 4) is 5.75 Å². The zero-order valence-corrected chi connectivity index (χ0v) is 16.9. The molecule has 1 heterocycles. The Bertz CT molecular complexity index is 776. The minimum atomic E-state index is -3.00. The van der Waals surface area contributed by atoms with Gasteiger partial charge < -0.3 is 9.47 Å². The standard InChI is InChI=1S/C20H26F2N2O3.ClH/c1-26-11-5-8-18(25)15-9-10-17-16(19(15)27-20(21)22)13-24(23-17)12-14-6-3-2-4-7-14;/h9-10,13-14,20H,2-8,11-12H2,1H3;1H. The molecule has 2 aromatic rings. The summed E-state index contributed by atoms with van der Waals surface area (Å²) >= 11 is 0. The first kappa shape index (κ1) is 22.6. The smallest absolute Gasteiger partial charge is 0.387 e. The van der Waals surface area contributed by atoms with Crippen LogP contribution < -0.4 is 4.74 Å². The summed E-state index contributed by atoms with van der Waals surface area (Å²) in [6, 6.07) is 3.24. The third-order valence-electron chi connectivity index (χ3n) is 5.12. The van der Waals surface area contributed by atoms with Crippen LogP contribution in [-0.4, -0.2) is 35.9 Å². The Morgan fingerprint density at radius 1 is 1.29 bits per heavy atom. The van der Waals surface area contributed by atoms with E-state index in [-0.39, 0.29) is 35.9 Å². The van der Waals surface area contributed by atoms with Gasteiger partial charge in [-0.25, -0.2) is 0 Å². The molecule has 0 bridgehead atoms. The largest absolute Gasteiger partial charge is 0.433 e. The highest BCUT2D eigenvalue weighted by atomic mass is 35.5. The minimum Gasteiger partial charge on any atom is -0.433 e. The summed E-state index contributed by atoms with van der Waals surface area (Å²) in [6.45, 7) is -1.79. The number of carbonyl (C=O) groups excluding carboxylic acids is 1. The molecule has 0 spiro atoms. The maximum Gasteiger partial charge on any atom is 0.387 e. The summed E-state index contributed by atoms with van der Waals surface area (Å²) < 4.78 is 37.5. The number of aromatic nitrogens is 2. The Labute approximate surface area is 169 Å². The zero-order chi connectivity index (χ0) is 19.2. The maximum atomic E-state index is 13.0. The number of hydrogen-bond donors (Lipinski definition) is 0. The first-order valence-corrected chi connectivity index (χ1v) is 9.55. The molecule has 1 aliphatic carbocycles. The van der Waals surface area contributed by atoms with Gasteiger partial charge in [-0.3, -0.25) is 9.48 Å². The van der Waals surface area contributed by atoms with Crippen molar-refractivity contribution in [2.45, 2.75) is 58.1 Å². The third kappa shape index (κ3) is 5.64. The molecule has 1 aromatic heterocycles. The van der Waals surface area contributed by atoms with E-state index >= 15 is 0 Å². The molecule has 0 N–H and O–H groups in total. The molecule has 8 heteroatoms. The molecule has 0 aliphatic heterocycles. The van der Waals surface area contributed by atoms with E-state index in [0.717, 1.165) is 6.54 Å². The fourth-order valence-corrected chi connectivity index (χ4v) is 3.79. The van der Waals surface area contributed by atoms with Crippen LogP contribution in [0.2, 0.25) is 0 Å². The summed E-state index contributed by atoms with van der Waals surface area (Å²) in [5.41, 5.74) is 0.742. The molecule has 3 rings (SSSR count). The molecule has 1 aromatic carbocycles. The lowest BCUT2D eigenvalue weighted by Crippen LogP contribution is -2.14. The second kappa shape index (κ2) is 10.7. The number of halogens is 3. The molecule has 5 nitrogen and oxygen atoms in total. The summed E-state index contributed by atoms with van der Waals surface area (Å²) in [6.07, 6.45) is 8.54. The predicted octanol–water partition coefficient (Wildman–Crippen LogP) is 5.25. The van der Waals surface area contributed by atoms with E-state index in [9.17, 15) is 13.6 Å². The highest BCUT2D eigenvalue weighted by Gasteiger charge is 2.21. The van der Waals surface area contributed by atoms with Crippen LogP contribution >= 0.6 is 12.4 Å². The average molecular weight is 417 g/mol. The molecule has 1 fully saturated rings. The number of benzene rings is 1. The van der Waals surface area contributed by atoms with Crippen LogP contribution in [0, 0.1) is 5.92 Å². The van der Waals surface area contributed by atoms with Crippen molar-refractivity contribution in [3.05, 3.63) is 23.9 Å². The number of nitrogens with zero attached hydrogens (tertiary/aromatic N) is 2. The Morgan fingerprint density at radius 2 is 2.04 bits per heavy atom. The molecule has 0 unspecified atom stereocenters. The molecule has 1 saturated carbocycles. The number of fused-ring (bicyclic) bond motifs is 1. The fourth-order valence-electron chi connectivity index (χ4n) is 3.79. The van der Waals surface area contributed by atoms with E-state index in [1.807, 2.05) is 0 Å². The normalized spacial score (nSPS) is 15.0. The molecular weight excluding hydrogens is 390 g/mol. The quantitative estimate of drug-likeness (QED) is 0.414. The lowest BCUT2D eigenvalue weighted by atomic mass is 9.89. The highest BCUT2D eigenvalue weighted by molar-refractivity contribution is 6.04. The van der Waals surface area contributed by atoms with Crippen LogP contribution in [0.4, 0.5) is 8.78 Å². The maximum absolute atomic E-state index is 13.0. The van der Waals surface area contributed by atoms with Crippen molar-refractivity contribution in [1.29, 1.82) is 0 Å². The first-order chi connectivity index (χ1) is 13.1. The van der Waals surface area contributed by atoms with Crippen LogP contribution in [0.15, 0.2) is 18.3 Å². The van der Waals surface area contributed by atoms with Crippen LogP contribution in [0.25, 0.3) is 10.9 Å².